The van der Waals surface area contributed by atoms with Gasteiger partial charge in [-0.05, 0) is 49.9 Å². The smallest absolute Gasteiger partial charge is 0.0896 e. The van der Waals surface area contributed by atoms with E-state index >= 15 is 0 Å². The van der Waals surface area contributed by atoms with Crippen LogP contribution in [0.5, 0.6) is 0 Å². The van der Waals surface area contributed by atoms with E-state index in [0.717, 1.165) is 32.2 Å². The van der Waals surface area contributed by atoms with Gasteiger partial charge in [0.25, 0.3) is 0 Å². The number of nitrogens with one attached hydrogen (secondary N) is 1. The lowest BCUT2D eigenvalue weighted by Crippen LogP contribution is -2.48. The highest BCUT2D eigenvalue weighted by molar-refractivity contribution is 5.30. The van der Waals surface area contributed by atoms with Crippen LogP contribution in [0, 0.1) is 0 Å². The summed E-state index contributed by atoms with van der Waals surface area (Å²) in [5, 5.41) is 3.29. The molecule has 1 aromatic carbocycles. The predicted octanol–water partition coefficient (Wildman–Crippen LogP) is 2.94. The van der Waals surface area contributed by atoms with Crippen LogP contribution in [-0.2, 0) is 4.74 Å². The zero-order valence-corrected chi connectivity index (χ0v) is 13.3. The Hall–Kier alpha value is -0.900. The van der Waals surface area contributed by atoms with Crippen molar-refractivity contribution < 1.29 is 4.74 Å². The van der Waals surface area contributed by atoms with Gasteiger partial charge < -0.3 is 10.1 Å². The number of likely N-dealkylation sites (N-methyl/N-ethyl adjacent to an activating group) is 1. The first kappa shape index (κ1) is 15.0. The third kappa shape index (κ3) is 3.47. The molecule has 0 radical (unpaired) electrons. The molecule has 2 fully saturated rings. The fraction of sp³-hybridized carbons (Fsp3) is 0.667. The Morgan fingerprint density at radius 1 is 1.19 bits per heavy atom. The number of hydrogen-bond acceptors (Lipinski definition) is 3. The summed E-state index contributed by atoms with van der Waals surface area (Å²) in [5.41, 5.74) is 2.93. The van der Waals surface area contributed by atoms with Crippen LogP contribution in [0.3, 0.4) is 0 Å². The van der Waals surface area contributed by atoms with E-state index in [0.29, 0.717) is 6.04 Å². The molecule has 1 aliphatic heterocycles. The first-order valence-corrected chi connectivity index (χ1v) is 8.43. The van der Waals surface area contributed by atoms with E-state index in [4.69, 9.17) is 4.74 Å². The molecule has 1 aromatic rings. The summed E-state index contributed by atoms with van der Waals surface area (Å²) in [6.45, 7) is 6.22. The van der Waals surface area contributed by atoms with E-state index in [9.17, 15) is 0 Å². The molecule has 1 heterocycles. The molecule has 21 heavy (non-hydrogen) atoms. The van der Waals surface area contributed by atoms with Gasteiger partial charge in [0.1, 0.15) is 0 Å². The lowest BCUT2D eigenvalue weighted by atomic mass is 9.96. The van der Waals surface area contributed by atoms with Gasteiger partial charge in [-0.15, -0.1) is 0 Å². The molecule has 3 heteroatoms. The monoisotopic (exact) mass is 288 g/mol. The molecule has 1 saturated heterocycles. The minimum absolute atomic E-state index is 0.252. The van der Waals surface area contributed by atoms with E-state index in [1.165, 1.54) is 30.4 Å². The van der Waals surface area contributed by atoms with E-state index < -0.39 is 0 Å². The molecule has 1 saturated carbocycles. The van der Waals surface area contributed by atoms with E-state index in [1.807, 2.05) is 7.05 Å². The van der Waals surface area contributed by atoms with Crippen LogP contribution in [0.2, 0.25) is 0 Å². The Bertz CT molecular complexity index is 423. The van der Waals surface area contributed by atoms with Gasteiger partial charge in [0, 0.05) is 13.1 Å². The molecular weight excluding hydrogens is 260 g/mol. The Morgan fingerprint density at radius 3 is 2.52 bits per heavy atom. The Morgan fingerprint density at radius 2 is 1.90 bits per heavy atom. The van der Waals surface area contributed by atoms with Gasteiger partial charge in [-0.2, -0.15) is 0 Å². The number of nitrogens with zero attached hydrogens (tertiary/aromatic N) is 1. The highest BCUT2D eigenvalue weighted by Crippen LogP contribution is 2.40. The zero-order chi connectivity index (χ0) is 14.7. The largest absolute Gasteiger partial charge is 0.374 e. The summed E-state index contributed by atoms with van der Waals surface area (Å²) in [4.78, 5) is 2.59. The molecule has 2 unspecified atom stereocenters. The third-order valence-corrected chi connectivity index (χ3v) is 4.70. The molecule has 1 N–H and O–H groups in total. The van der Waals surface area contributed by atoms with Crippen LogP contribution in [0.15, 0.2) is 24.3 Å². The van der Waals surface area contributed by atoms with Crippen LogP contribution in [0.25, 0.3) is 0 Å². The third-order valence-electron chi connectivity index (χ3n) is 4.70. The fourth-order valence-electron chi connectivity index (χ4n) is 3.50. The van der Waals surface area contributed by atoms with Gasteiger partial charge in [-0.25, -0.2) is 0 Å². The minimum atomic E-state index is 0.252. The topological polar surface area (TPSA) is 24.5 Å². The first-order valence-electron chi connectivity index (χ1n) is 8.43. The molecule has 116 valence electrons. The zero-order valence-electron chi connectivity index (χ0n) is 13.3. The van der Waals surface area contributed by atoms with Crippen LogP contribution < -0.4 is 5.32 Å². The molecule has 2 atom stereocenters. The van der Waals surface area contributed by atoms with E-state index in [2.05, 4.69) is 41.4 Å². The molecule has 2 aliphatic rings. The second kappa shape index (κ2) is 6.91. The van der Waals surface area contributed by atoms with Crippen molar-refractivity contribution in [2.24, 2.45) is 0 Å². The SMILES string of the molecule is CCCN1CCOC(CNC)C1c1ccc(C2CC2)cc1. The maximum absolute atomic E-state index is 6.05. The summed E-state index contributed by atoms with van der Waals surface area (Å²) >= 11 is 0. The van der Waals surface area contributed by atoms with Gasteiger partial charge in [0.2, 0.25) is 0 Å². The number of benzene rings is 1. The maximum Gasteiger partial charge on any atom is 0.0896 e. The number of rotatable bonds is 6. The first-order chi connectivity index (χ1) is 10.3. The predicted molar refractivity (Wildman–Crippen MR) is 86.7 cm³/mol. The molecule has 0 spiro atoms. The summed E-state index contributed by atoms with van der Waals surface area (Å²) in [7, 11) is 2.01. The van der Waals surface area contributed by atoms with Crippen LogP contribution in [0.4, 0.5) is 0 Å². The van der Waals surface area contributed by atoms with Gasteiger partial charge in [-0.3, -0.25) is 4.90 Å². The average molecular weight is 288 g/mol. The Balaban J connectivity index is 1.80. The molecule has 0 amide bonds. The van der Waals surface area contributed by atoms with Crippen LogP contribution in [0.1, 0.15) is 49.3 Å². The maximum atomic E-state index is 6.05. The average Bonchev–Trinajstić information content (AvgIpc) is 3.33. The second-order valence-electron chi connectivity index (χ2n) is 6.39. The van der Waals surface area contributed by atoms with Gasteiger partial charge in [0.15, 0.2) is 0 Å². The number of hydrogen-bond donors (Lipinski definition) is 1. The van der Waals surface area contributed by atoms with Crippen molar-refractivity contribution in [3.63, 3.8) is 0 Å². The highest BCUT2D eigenvalue weighted by atomic mass is 16.5. The van der Waals surface area contributed by atoms with Crippen LogP contribution in [-0.4, -0.2) is 44.3 Å². The van der Waals surface area contributed by atoms with Crippen molar-refractivity contribution in [2.75, 3.05) is 33.3 Å². The number of ether oxygens (including phenoxy) is 1. The van der Waals surface area contributed by atoms with Gasteiger partial charge >= 0.3 is 0 Å². The molecule has 3 nitrogen and oxygen atoms in total. The highest BCUT2D eigenvalue weighted by Gasteiger charge is 2.33. The molecular formula is C18H28N2O. The quantitative estimate of drug-likeness (QED) is 0.871. The van der Waals surface area contributed by atoms with E-state index in [-0.39, 0.29) is 6.10 Å². The molecule has 3 rings (SSSR count). The van der Waals surface area contributed by atoms with Crippen molar-refractivity contribution in [3.8, 4) is 0 Å². The molecule has 0 bridgehead atoms. The summed E-state index contributed by atoms with van der Waals surface area (Å²) < 4.78 is 6.05. The van der Waals surface area contributed by atoms with Gasteiger partial charge in [-0.1, -0.05) is 31.2 Å². The summed E-state index contributed by atoms with van der Waals surface area (Å²) in [6.07, 6.45) is 4.19. The van der Waals surface area contributed by atoms with E-state index in [1.54, 1.807) is 0 Å². The molecule has 0 aromatic heterocycles. The normalized spacial score (nSPS) is 27.0. The van der Waals surface area contributed by atoms with Crippen LogP contribution >= 0.6 is 0 Å². The Labute approximate surface area is 128 Å². The summed E-state index contributed by atoms with van der Waals surface area (Å²) in [5.74, 6) is 0.835. The second-order valence-corrected chi connectivity index (χ2v) is 6.39. The Kier molecular flexibility index (Phi) is 4.94. The standard InChI is InChI=1S/C18H28N2O/c1-3-10-20-11-12-21-17(13-19-2)18(20)16-8-6-15(7-9-16)14-4-5-14/h6-9,14,17-19H,3-5,10-13H2,1-2H3. The fourth-order valence-corrected chi connectivity index (χ4v) is 3.50. The van der Waals surface area contributed by atoms with Crippen molar-refractivity contribution >= 4 is 0 Å². The van der Waals surface area contributed by atoms with Gasteiger partial charge in [0.05, 0.1) is 18.8 Å². The lowest BCUT2D eigenvalue weighted by Gasteiger charge is -2.41. The molecule has 1 aliphatic carbocycles. The summed E-state index contributed by atoms with van der Waals surface area (Å²) in [6, 6.07) is 9.72. The van der Waals surface area contributed by atoms with Crippen molar-refractivity contribution in [2.45, 2.75) is 44.2 Å². The van der Waals surface area contributed by atoms with Crippen molar-refractivity contribution in [1.29, 1.82) is 0 Å². The lowest BCUT2D eigenvalue weighted by molar-refractivity contribution is -0.0704. The van der Waals surface area contributed by atoms with Crippen molar-refractivity contribution in [1.82, 2.24) is 10.2 Å². The number of morpholine rings is 1. The minimum Gasteiger partial charge on any atom is -0.374 e. The van der Waals surface area contributed by atoms with Crippen molar-refractivity contribution in [3.05, 3.63) is 35.4 Å².